The van der Waals surface area contributed by atoms with E-state index >= 15 is 0 Å². The summed E-state index contributed by atoms with van der Waals surface area (Å²) in [7, 11) is 0. The molecule has 0 aromatic heterocycles. The van der Waals surface area contributed by atoms with Gasteiger partial charge >= 0.3 is 6.03 Å². The van der Waals surface area contributed by atoms with Crippen molar-refractivity contribution >= 4 is 34.9 Å². The summed E-state index contributed by atoms with van der Waals surface area (Å²) in [6.07, 6.45) is 1.61. The highest BCUT2D eigenvalue weighted by molar-refractivity contribution is 6.31. The lowest BCUT2D eigenvalue weighted by Crippen LogP contribution is -2.49. The number of rotatable bonds is 5. The van der Waals surface area contributed by atoms with Gasteiger partial charge in [-0.15, -0.1) is 0 Å². The van der Waals surface area contributed by atoms with E-state index in [1.807, 2.05) is 30.9 Å². The Bertz CT molecular complexity index is 720. The van der Waals surface area contributed by atoms with Crippen LogP contribution >= 0.6 is 11.6 Å². The second-order valence-corrected chi connectivity index (χ2v) is 7.93. The van der Waals surface area contributed by atoms with E-state index < -0.39 is 0 Å². The molecule has 0 radical (unpaired) electrons. The Hall–Kier alpha value is -1.99. The molecule has 1 unspecified atom stereocenters. The first-order chi connectivity index (χ1) is 14.0. The number of carbonyl (C=O) groups is 2. The maximum atomic E-state index is 13.0. The maximum absolute atomic E-state index is 13.0. The molecule has 29 heavy (non-hydrogen) atoms. The number of halogens is 1. The molecule has 2 aliphatic rings. The van der Waals surface area contributed by atoms with Gasteiger partial charge in [0.15, 0.2) is 0 Å². The number of hydrogen-bond donors (Lipinski definition) is 1. The second-order valence-electron chi connectivity index (χ2n) is 7.49. The Morgan fingerprint density at radius 2 is 1.93 bits per heavy atom. The zero-order valence-electron chi connectivity index (χ0n) is 17.3. The summed E-state index contributed by atoms with van der Waals surface area (Å²) >= 11 is 6.20. The maximum Gasteiger partial charge on any atom is 0.320 e. The molecule has 3 rings (SSSR count). The number of benzene rings is 1. The minimum atomic E-state index is -0.222. The molecule has 1 atom stereocenters. The molecular formula is C21H31ClN4O3. The van der Waals surface area contributed by atoms with Crippen LogP contribution in [-0.2, 0) is 9.53 Å². The molecule has 2 saturated heterocycles. The number of nitrogens with zero attached hydrogens (tertiary/aromatic N) is 3. The van der Waals surface area contributed by atoms with Gasteiger partial charge in [-0.3, -0.25) is 4.79 Å². The molecular weight excluding hydrogens is 392 g/mol. The Morgan fingerprint density at radius 1 is 1.21 bits per heavy atom. The number of morpholine rings is 1. The van der Waals surface area contributed by atoms with Gasteiger partial charge < -0.3 is 24.8 Å². The van der Waals surface area contributed by atoms with E-state index in [1.54, 1.807) is 11.0 Å². The molecule has 0 spiro atoms. The number of hydrogen-bond acceptors (Lipinski definition) is 4. The van der Waals surface area contributed by atoms with E-state index in [2.05, 4.69) is 10.2 Å². The van der Waals surface area contributed by atoms with Crippen molar-refractivity contribution in [3.05, 3.63) is 23.2 Å². The van der Waals surface area contributed by atoms with Crippen molar-refractivity contribution in [2.45, 2.75) is 26.7 Å². The monoisotopic (exact) mass is 422 g/mol. The van der Waals surface area contributed by atoms with Gasteiger partial charge in [-0.25, -0.2) is 4.79 Å². The zero-order chi connectivity index (χ0) is 20.8. The first-order valence-electron chi connectivity index (χ1n) is 10.5. The average Bonchev–Trinajstić information content (AvgIpc) is 2.75. The van der Waals surface area contributed by atoms with E-state index in [0.29, 0.717) is 44.4 Å². The minimum absolute atomic E-state index is 0.0178. The van der Waals surface area contributed by atoms with Crippen LogP contribution in [0.4, 0.5) is 16.2 Å². The summed E-state index contributed by atoms with van der Waals surface area (Å²) in [5.41, 5.74) is 1.68. The Balaban J connectivity index is 1.69. The smallest absolute Gasteiger partial charge is 0.320 e. The van der Waals surface area contributed by atoms with E-state index in [9.17, 15) is 9.59 Å². The van der Waals surface area contributed by atoms with E-state index in [4.69, 9.17) is 16.3 Å². The molecule has 2 fully saturated rings. The predicted molar refractivity (Wildman–Crippen MR) is 116 cm³/mol. The first-order valence-corrected chi connectivity index (χ1v) is 10.9. The number of nitrogens with one attached hydrogen (secondary N) is 1. The van der Waals surface area contributed by atoms with Crippen LogP contribution < -0.4 is 10.2 Å². The summed E-state index contributed by atoms with van der Waals surface area (Å²) in [5.74, 6) is -0.279. The van der Waals surface area contributed by atoms with Gasteiger partial charge in [0.1, 0.15) is 0 Å². The van der Waals surface area contributed by atoms with Crippen molar-refractivity contribution in [2.75, 3.05) is 62.7 Å². The van der Waals surface area contributed by atoms with Crippen molar-refractivity contribution < 1.29 is 14.3 Å². The summed E-state index contributed by atoms with van der Waals surface area (Å²) < 4.78 is 5.44. The fraction of sp³-hybridized carbons (Fsp3) is 0.619. The van der Waals surface area contributed by atoms with Crippen molar-refractivity contribution in [1.82, 2.24) is 9.80 Å². The molecule has 160 valence electrons. The van der Waals surface area contributed by atoms with E-state index in [-0.39, 0.29) is 17.9 Å². The summed E-state index contributed by atoms with van der Waals surface area (Å²) in [6.45, 7) is 9.35. The van der Waals surface area contributed by atoms with Crippen LogP contribution in [-0.4, -0.2) is 74.2 Å². The van der Waals surface area contributed by atoms with Crippen LogP contribution in [0, 0.1) is 5.92 Å². The average molecular weight is 423 g/mol. The number of amides is 3. The molecule has 1 aromatic carbocycles. The molecule has 3 amide bonds. The predicted octanol–water partition coefficient (Wildman–Crippen LogP) is 3.29. The number of anilines is 2. The lowest BCUT2D eigenvalue weighted by molar-refractivity contribution is -0.121. The second kappa shape index (κ2) is 10.2. The molecule has 1 aromatic rings. The van der Waals surface area contributed by atoms with Gasteiger partial charge in [-0.05, 0) is 44.9 Å². The molecule has 0 aliphatic carbocycles. The third kappa shape index (κ3) is 5.34. The molecule has 7 nitrogen and oxygen atoms in total. The highest BCUT2D eigenvalue weighted by atomic mass is 35.5. The fourth-order valence-corrected chi connectivity index (χ4v) is 4.15. The van der Waals surface area contributed by atoms with Crippen LogP contribution in [0.5, 0.6) is 0 Å². The molecule has 0 bridgehead atoms. The summed E-state index contributed by atoms with van der Waals surface area (Å²) in [4.78, 5) is 31.5. The van der Waals surface area contributed by atoms with Crippen molar-refractivity contribution in [3.63, 3.8) is 0 Å². The van der Waals surface area contributed by atoms with Crippen LogP contribution in [0.3, 0.4) is 0 Å². The fourth-order valence-electron chi connectivity index (χ4n) is 3.98. The normalized spacial score (nSPS) is 19.8. The molecule has 2 heterocycles. The van der Waals surface area contributed by atoms with Gasteiger partial charge in [0, 0.05) is 44.3 Å². The lowest BCUT2D eigenvalue weighted by Gasteiger charge is -2.35. The summed E-state index contributed by atoms with van der Waals surface area (Å²) in [6, 6.07) is 5.60. The van der Waals surface area contributed by atoms with Gasteiger partial charge in [0.2, 0.25) is 5.91 Å². The Kier molecular flexibility index (Phi) is 7.61. The summed E-state index contributed by atoms with van der Waals surface area (Å²) in [5, 5.41) is 3.66. The Morgan fingerprint density at radius 3 is 2.62 bits per heavy atom. The van der Waals surface area contributed by atoms with Crippen LogP contribution in [0.1, 0.15) is 26.7 Å². The zero-order valence-corrected chi connectivity index (χ0v) is 18.1. The number of piperidine rings is 1. The van der Waals surface area contributed by atoms with E-state index in [0.717, 1.165) is 37.3 Å². The number of urea groups is 1. The largest absolute Gasteiger partial charge is 0.378 e. The third-order valence-electron chi connectivity index (χ3n) is 5.66. The molecule has 8 heteroatoms. The third-order valence-corrected chi connectivity index (χ3v) is 5.90. The van der Waals surface area contributed by atoms with Crippen LogP contribution in [0.25, 0.3) is 0 Å². The van der Waals surface area contributed by atoms with Gasteiger partial charge in [0.25, 0.3) is 0 Å². The number of ether oxygens (including phenoxy) is 1. The Labute approximate surface area is 177 Å². The lowest BCUT2D eigenvalue weighted by atomic mass is 9.97. The minimum Gasteiger partial charge on any atom is -0.378 e. The number of likely N-dealkylation sites (tertiary alicyclic amines) is 1. The van der Waals surface area contributed by atoms with Crippen molar-refractivity contribution in [2.24, 2.45) is 5.92 Å². The first kappa shape index (κ1) is 21.7. The SMILES string of the molecule is CCN(CC)C(=O)N1CCCC(C(=O)Nc2cc(Cl)ccc2N2CCOCC2)C1. The van der Waals surface area contributed by atoms with Crippen LogP contribution in [0.2, 0.25) is 5.02 Å². The highest BCUT2D eigenvalue weighted by Crippen LogP contribution is 2.31. The topological polar surface area (TPSA) is 65.1 Å². The molecule has 1 N–H and O–H groups in total. The van der Waals surface area contributed by atoms with E-state index in [1.165, 1.54) is 0 Å². The van der Waals surface area contributed by atoms with Gasteiger partial charge in [0.05, 0.1) is 30.5 Å². The highest BCUT2D eigenvalue weighted by Gasteiger charge is 2.30. The quantitative estimate of drug-likeness (QED) is 0.790. The van der Waals surface area contributed by atoms with Gasteiger partial charge in [-0.1, -0.05) is 11.6 Å². The standard InChI is InChI=1S/C21H31ClN4O3/c1-3-24(4-2)21(28)26-9-5-6-16(15-26)20(27)23-18-14-17(22)7-8-19(18)25-10-12-29-13-11-25/h7-8,14,16H,3-6,9-13,15H2,1-2H3,(H,23,27). The number of carbonyl (C=O) groups excluding carboxylic acids is 2. The molecule has 2 aliphatic heterocycles. The van der Waals surface area contributed by atoms with Crippen LogP contribution in [0.15, 0.2) is 18.2 Å². The van der Waals surface area contributed by atoms with Gasteiger partial charge in [-0.2, -0.15) is 0 Å². The van der Waals surface area contributed by atoms with Crippen molar-refractivity contribution in [1.29, 1.82) is 0 Å². The van der Waals surface area contributed by atoms with Crippen molar-refractivity contribution in [3.8, 4) is 0 Å². The molecule has 0 saturated carbocycles.